The number of imidazole rings is 1. The molecule has 0 aliphatic heterocycles. The van der Waals surface area contributed by atoms with Gasteiger partial charge in [0.05, 0.1) is 21.8 Å². The third kappa shape index (κ3) is 4.99. The molecule has 0 spiro atoms. The highest BCUT2D eigenvalue weighted by Gasteiger charge is 2.30. The molecular weight excluding hydrogens is 709 g/mol. The lowest BCUT2D eigenvalue weighted by Gasteiger charge is -2.23. The van der Waals surface area contributed by atoms with E-state index >= 15 is 0 Å². The van der Waals surface area contributed by atoms with Crippen molar-refractivity contribution in [2.24, 2.45) is 0 Å². The van der Waals surface area contributed by atoms with Gasteiger partial charge in [-0.1, -0.05) is 183 Å². The molecule has 0 N–H and O–H groups in total. The van der Waals surface area contributed by atoms with Gasteiger partial charge in [-0.05, 0) is 78.5 Å². The molecule has 268 valence electrons. The van der Waals surface area contributed by atoms with Crippen LogP contribution in [0.1, 0.15) is 24.1 Å². The minimum absolute atomic E-state index is 0.329. The van der Waals surface area contributed by atoms with Gasteiger partial charge < -0.3 is 0 Å². The predicted octanol–water partition coefficient (Wildman–Crippen LogP) is 15.0. The van der Waals surface area contributed by atoms with Crippen LogP contribution in [0.3, 0.4) is 0 Å². The van der Waals surface area contributed by atoms with Crippen molar-refractivity contribution in [2.45, 2.75) is 19.3 Å². The molecule has 0 radical (unpaired) electrons. The van der Waals surface area contributed by atoms with Crippen LogP contribution in [0.4, 0.5) is 0 Å². The van der Waals surface area contributed by atoms with Crippen LogP contribution in [0.25, 0.3) is 103 Å². The summed E-state index contributed by atoms with van der Waals surface area (Å²) in [5, 5.41) is 7.66. The van der Waals surface area contributed by atoms with Gasteiger partial charge in [-0.2, -0.15) is 0 Å². The fourth-order valence-corrected chi connectivity index (χ4v) is 10.8. The van der Waals surface area contributed by atoms with Crippen LogP contribution in [0, 0.1) is 0 Å². The van der Waals surface area contributed by atoms with Gasteiger partial charge in [0.15, 0.2) is 5.65 Å². The lowest BCUT2D eigenvalue weighted by Crippen LogP contribution is -2.11. The number of thiophene rings is 1. The maximum Gasteiger partial charge on any atom is 0.156 e. The standard InChI is InChI=1S/C54H36N2S/c1-33-31-40-14-6-7-15-43(40)50-51(33)56-49(32-48-47-28-27-36-13-5-8-16-44(36)52(47)57-53(48)54(56)55-50)39-25-23-38(24-26-39)42-30-29-41(45-17-9-10-18-46(42)45)37-21-19-35(20-22-37)34-11-3-2-4-12-34/h2-30,32-33H,31H2,1H3. The third-order valence-electron chi connectivity index (χ3n) is 12.2. The maximum atomic E-state index is 5.56. The first-order chi connectivity index (χ1) is 28.2. The topological polar surface area (TPSA) is 17.3 Å². The van der Waals surface area contributed by atoms with E-state index in [1.54, 1.807) is 0 Å². The first-order valence-electron chi connectivity index (χ1n) is 19.8. The van der Waals surface area contributed by atoms with E-state index in [2.05, 4.69) is 193 Å². The first kappa shape index (κ1) is 32.4. The van der Waals surface area contributed by atoms with Crippen LogP contribution in [0.15, 0.2) is 182 Å². The zero-order valence-corrected chi connectivity index (χ0v) is 32.2. The number of rotatable bonds is 4. The Morgan fingerprint density at radius 3 is 1.81 bits per heavy atom. The van der Waals surface area contributed by atoms with E-state index < -0.39 is 0 Å². The van der Waals surface area contributed by atoms with Gasteiger partial charge >= 0.3 is 0 Å². The Balaban J connectivity index is 1.02. The Bertz CT molecular complexity index is 3370. The molecule has 1 unspecified atom stereocenters. The average Bonchev–Trinajstić information content (AvgIpc) is 3.87. The van der Waals surface area contributed by atoms with E-state index in [9.17, 15) is 0 Å². The van der Waals surface area contributed by atoms with Gasteiger partial charge in [-0.25, -0.2) is 4.98 Å². The monoisotopic (exact) mass is 744 g/mol. The molecule has 0 bridgehead atoms. The summed E-state index contributed by atoms with van der Waals surface area (Å²) in [6.45, 7) is 2.37. The minimum atomic E-state index is 0.329. The number of hydrogen-bond acceptors (Lipinski definition) is 2. The zero-order chi connectivity index (χ0) is 37.6. The second-order valence-electron chi connectivity index (χ2n) is 15.5. The van der Waals surface area contributed by atoms with E-state index in [0.29, 0.717) is 5.92 Å². The van der Waals surface area contributed by atoms with Gasteiger partial charge in [0, 0.05) is 27.0 Å². The normalized spacial score (nSPS) is 13.8. The number of pyridine rings is 1. The third-order valence-corrected chi connectivity index (χ3v) is 13.5. The molecule has 3 heterocycles. The highest BCUT2D eigenvalue weighted by atomic mass is 32.1. The minimum Gasteiger partial charge on any atom is -0.295 e. The fourth-order valence-electron chi connectivity index (χ4n) is 9.50. The lowest BCUT2D eigenvalue weighted by atomic mass is 9.85. The van der Waals surface area contributed by atoms with E-state index in [1.165, 1.54) is 103 Å². The van der Waals surface area contributed by atoms with Crippen LogP contribution in [-0.4, -0.2) is 9.38 Å². The van der Waals surface area contributed by atoms with Gasteiger partial charge in [0.2, 0.25) is 0 Å². The van der Waals surface area contributed by atoms with Crippen molar-refractivity contribution < 1.29 is 0 Å². The van der Waals surface area contributed by atoms with Crippen molar-refractivity contribution in [1.82, 2.24) is 9.38 Å². The molecule has 3 heteroatoms. The van der Waals surface area contributed by atoms with E-state index in [0.717, 1.165) is 17.8 Å². The molecule has 1 aliphatic carbocycles. The summed E-state index contributed by atoms with van der Waals surface area (Å²) in [7, 11) is 0. The first-order valence-corrected chi connectivity index (χ1v) is 20.7. The van der Waals surface area contributed by atoms with Crippen molar-refractivity contribution in [2.75, 3.05) is 0 Å². The van der Waals surface area contributed by atoms with Crippen molar-refractivity contribution in [3.05, 3.63) is 193 Å². The van der Waals surface area contributed by atoms with Crippen LogP contribution in [0.5, 0.6) is 0 Å². The summed E-state index contributed by atoms with van der Waals surface area (Å²) in [5.41, 5.74) is 15.9. The molecule has 57 heavy (non-hydrogen) atoms. The van der Waals surface area contributed by atoms with Crippen molar-refractivity contribution in [1.29, 1.82) is 0 Å². The number of hydrogen-bond donors (Lipinski definition) is 0. The SMILES string of the molecule is CC1Cc2ccccc2-c2nc3c4sc5c6ccccc6ccc5c4cc(-c4ccc(-c5ccc(-c6ccc(-c7ccccc7)cc6)c6ccccc56)cc4)n3c21. The summed E-state index contributed by atoms with van der Waals surface area (Å²) < 4.78 is 5.08. The van der Waals surface area contributed by atoms with Gasteiger partial charge in [0.1, 0.15) is 0 Å². The van der Waals surface area contributed by atoms with Gasteiger partial charge in [-0.15, -0.1) is 11.3 Å². The largest absolute Gasteiger partial charge is 0.295 e. The molecular formula is C54H36N2S. The number of benzene rings is 8. The Morgan fingerprint density at radius 2 is 1.07 bits per heavy atom. The second kappa shape index (κ2) is 12.6. The van der Waals surface area contributed by atoms with Crippen LogP contribution in [0.2, 0.25) is 0 Å². The molecule has 0 fully saturated rings. The molecule has 3 aromatic heterocycles. The Labute approximate surface area is 335 Å². The van der Waals surface area contributed by atoms with Crippen molar-refractivity contribution in [3.8, 4) is 55.9 Å². The molecule has 2 nitrogen and oxygen atoms in total. The summed E-state index contributed by atoms with van der Waals surface area (Å²) in [4.78, 5) is 5.56. The van der Waals surface area contributed by atoms with Gasteiger partial charge in [-0.3, -0.25) is 4.40 Å². The quantitative estimate of drug-likeness (QED) is 0.175. The molecule has 8 aromatic carbocycles. The smallest absolute Gasteiger partial charge is 0.156 e. The molecule has 1 aliphatic rings. The van der Waals surface area contributed by atoms with E-state index in [4.69, 9.17) is 4.98 Å². The lowest BCUT2D eigenvalue weighted by molar-refractivity contribution is 0.715. The molecule has 0 saturated carbocycles. The van der Waals surface area contributed by atoms with Gasteiger partial charge in [0.25, 0.3) is 0 Å². The summed E-state index contributed by atoms with van der Waals surface area (Å²) >= 11 is 1.89. The summed E-state index contributed by atoms with van der Waals surface area (Å²) in [6.07, 6.45) is 1.00. The highest BCUT2D eigenvalue weighted by Crippen LogP contribution is 2.47. The second-order valence-corrected chi connectivity index (χ2v) is 16.6. The summed E-state index contributed by atoms with van der Waals surface area (Å²) in [6, 6.07) is 66.9. The number of aromatic nitrogens is 2. The predicted molar refractivity (Wildman–Crippen MR) is 242 cm³/mol. The molecule has 0 saturated heterocycles. The number of nitrogens with zero attached hydrogens (tertiary/aromatic N) is 2. The highest BCUT2D eigenvalue weighted by molar-refractivity contribution is 7.27. The Hall–Kier alpha value is -6.81. The fraction of sp³-hybridized carbons (Fsp3) is 0.0556. The summed E-state index contributed by atoms with van der Waals surface area (Å²) in [5.74, 6) is 0.329. The van der Waals surface area contributed by atoms with Crippen molar-refractivity contribution in [3.63, 3.8) is 0 Å². The molecule has 11 aromatic rings. The molecule has 0 amide bonds. The molecule has 1 atom stereocenters. The Kier molecular flexibility index (Phi) is 7.17. The van der Waals surface area contributed by atoms with Crippen LogP contribution >= 0.6 is 11.3 Å². The Morgan fingerprint density at radius 1 is 0.474 bits per heavy atom. The van der Waals surface area contributed by atoms with E-state index in [1.807, 2.05) is 11.3 Å². The molecule has 12 rings (SSSR count). The average molecular weight is 745 g/mol. The maximum absolute atomic E-state index is 5.56. The van der Waals surface area contributed by atoms with E-state index in [-0.39, 0.29) is 0 Å². The number of fused-ring (bicyclic) bond motifs is 12. The zero-order valence-electron chi connectivity index (χ0n) is 31.4. The van der Waals surface area contributed by atoms with Crippen molar-refractivity contribution >= 4 is 58.7 Å². The van der Waals surface area contributed by atoms with Crippen LogP contribution in [-0.2, 0) is 6.42 Å². The van der Waals surface area contributed by atoms with Crippen LogP contribution < -0.4 is 0 Å².